The highest BCUT2D eigenvalue weighted by Crippen LogP contribution is 2.69. The lowest BCUT2D eigenvalue weighted by molar-refractivity contribution is -0.304. The third-order valence-electron chi connectivity index (χ3n) is 9.33. The van der Waals surface area contributed by atoms with E-state index in [2.05, 4.69) is 0 Å². The Labute approximate surface area is 176 Å². The first-order chi connectivity index (χ1) is 14.0. The first-order valence-electron chi connectivity index (χ1n) is 11.1. The lowest BCUT2D eigenvalue weighted by atomic mass is 9.40. The minimum Gasteiger partial charge on any atom is -0.466 e. The zero-order valence-corrected chi connectivity index (χ0v) is 17.7. The number of ether oxygens (including phenoxy) is 1. The standard InChI is InChI=1S/C22H34O8/c1-3-30-18(27)14-5-7-22(29)13-4-6-20(28)9-12(24)8-16(26)21(20,11-23)17(13)15(25)10-19(14,22)2/h13-17,23,25-26,28-29H,3-11H2,1-2H3/t13-,14-,15-,16-,17-,19+,20+,21+,22-/m0/s1. The van der Waals surface area contributed by atoms with E-state index in [1.54, 1.807) is 6.92 Å². The number of rotatable bonds is 3. The molecule has 170 valence electrons. The van der Waals surface area contributed by atoms with Gasteiger partial charge >= 0.3 is 5.97 Å². The predicted molar refractivity (Wildman–Crippen MR) is 104 cm³/mol. The lowest BCUT2D eigenvalue weighted by Crippen LogP contribution is -2.75. The van der Waals surface area contributed by atoms with Crippen molar-refractivity contribution in [3.8, 4) is 0 Å². The molecule has 4 rings (SSSR count). The predicted octanol–water partition coefficient (Wildman–Crippen LogP) is -0.0787. The van der Waals surface area contributed by atoms with Gasteiger partial charge in [-0.2, -0.15) is 0 Å². The molecule has 0 radical (unpaired) electrons. The number of hydrogen-bond donors (Lipinski definition) is 5. The van der Waals surface area contributed by atoms with E-state index in [0.717, 1.165) is 0 Å². The topological polar surface area (TPSA) is 145 Å². The van der Waals surface area contributed by atoms with E-state index in [-0.39, 0.29) is 44.0 Å². The number of carbonyl (C=O) groups excluding carboxylic acids is 2. The molecule has 4 saturated carbocycles. The number of aliphatic hydroxyl groups is 5. The molecule has 0 saturated heterocycles. The van der Waals surface area contributed by atoms with Gasteiger partial charge in [0.2, 0.25) is 0 Å². The van der Waals surface area contributed by atoms with Crippen LogP contribution in [0.4, 0.5) is 0 Å². The molecule has 0 aromatic heterocycles. The van der Waals surface area contributed by atoms with Crippen molar-refractivity contribution in [1.82, 2.24) is 0 Å². The second-order valence-electron chi connectivity index (χ2n) is 10.3. The number of carbonyl (C=O) groups is 2. The SMILES string of the molecule is CCOC(=O)[C@@H]1CC[C@]2(O)[C@H]3CC[C@@]4(O)CC(=O)C[C@H](O)[C@]4(CO)[C@@H]3[C@@H](O)C[C@]12C. The zero-order valence-electron chi connectivity index (χ0n) is 17.7. The molecule has 5 N–H and O–H groups in total. The molecule has 4 aliphatic carbocycles. The Morgan fingerprint density at radius 3 is 2.53 bits per heavy atom. The van der Waals surface area contributed by atoms with Crippen LogP contribution >= 0.6 is 0 Å². The van der Waals surface area contributed by atoms with Gasteiger partial charge in [-0.1, -0.05) is 6.92 Å². The number of esters is 1. The van der Waals surface area contributed by atoms with E-state index >= 15 is 0 Å². The first-order valence-corrected chi connectivity index (χ1v) is 11.1. The third-order valence-corrected chi connectivity index (χ3v) is 9.33. The third kappa shape index (κ3) is 2.51. The van der Waals surface area contributed by atoms with E-state index in [4.69, 9.17) is 4.74 Å². The van der Waals surface area contributed by atoms with Gasteiger partial charge in [-0.3, -0.25) is 9.59 Å². The fourth-order valence-electron chi connectivity index (χ4n) is 7.94. The quantitative estimate of drug-likeness (QED) is 0.394. The van der Waals surface area contributed by atoms with Crippen LogP contribution in [-0.2, 0) is 14.3 Å². The van der Waals surface area contributed by atoms with Crippen LogP contribution in [0.1, 0.15) is 58.8 Å². The van der Waals surface area contributed by atoms with Crippen molar-refractivity contribution in [3.63, 3.8) is 0 Å². The summed E-state index contributed by atoms with van der Waals surface area (Å²) in [5.74, 6) is -2.52. The van der Waals surface area contributed by atoms with Gasteiger partial charge in [0, 0.05) is 24.2 Å². The summed E-state index contributed by atoms with van der Waals surface area (Å²) in [6.45, 7) is 3.18. The monoisotopic (exact) mass is 426 g/mol. The molecule has 30 heavy (non-hydrogen) atoms. The molecular formula is C22H34O8. The fourth-order valence-corrected chi connectivity index (χ4v) is 7.94. The normalized spacial score (nSPS) is 52.9. The number of fused-ring (bicyclic) bond motifs is 5. The summed E-state index contributed by atoms with van der Waals surface area (Å²) in [7, 11) is 0. The number of aliphatic hydroxyl groups excluding tert-OH is 3. The molecule has 8 heteroatoms. The summed E-state index contributed by atoms with van der Waals surface area (Å²) < 4.78 is 5.24. The Morgan fingerprint density at radius 2 is 1.90 bits per heavy atom. The second kappa shape index (κ2) is 6.97. The minimum absolute atomic E-state index is 0.0899. The highest BCUT2D eigenvalue weighted by Gasteiger charge is 2.75. The second-order valence-corrected chi connectivity index (χ2v) is 10.3. The largest absolute Gasteiger partial charge is 0.466 e. The molecule has 0 aliphatic heterocycles. The highest BCUT2D eigenvalue weighted by atomic mass is 16.5. The maximum atomic E-state index is 12.6. The van der Waals surface area contributed by atoms with Crippen molar-refractivity contribution in [2.75, 3.05) is 13.2 Å². The fraction of sp³-hybridized carbons (Fsp3) is 0.909. The van der Waals surface area contributed by atoms with Crippen LogP contribution in [0.5, 0.6) is 0 Å². The average molecular weight is 427 g/mol. The van der Waals surface area contributed by atoms with Crippen LogP contribution in [0.2, 0.25) is 0 Å². The minimum atomic E-state index is -1.64. The molecule has 0 aromatic rings. The maximum Gasteiger partial charge on any atom is 0.309 e. The van der Waals surface area contributed by atoms with Crippen molar-refractivity contribution in [2.24, 2.45) is 28.6 Å². The van der Waals surface area contributed by atoms with Gasteiger partial charge < -0.3 is 30.3 Å². The van der Waals surface area contributed by atoms with Gasteiger partial charge in [-0.05, 0) is 44.9 Å². The van der Waals surface area contributed by atoms with Gasteiger partial charge in [-0.25, -0.2) is 0 Å². The lowest BCUT2D eigenvalue weighted by Gasteiger charge is -2.67. The summed E-state index contributed by atoms with van der Waals surface area (Å²) in [6, 6.07) is 0. The van der Waals surface area contributed by atoms with Gasteiger partial charge in [-0.15, -0.1) is 0 Å². The van der Waals surface area contributed by atoms with Crippen molar-refractivity contribution in [2.45, 2.75) is 82.2 Å². The summed E-state index contributed by atoms with van der Waals surface area (Å²) in [5, 5.41) is 56.1. The van der Waals surface area contributed by atoms with E-state index < -0.39 is 58.6 Å². The molecule has 0 unspecified atom stereocenters. The molecule has 8 nitrogen and oxygen atoms in total. The van der Waals surface area contributed by atoms with E-state index in [9.17, 15) is 35.1 Å². The molecule has 0 aromatic carbocycles. The Hall–Kier alpha value is -1.06. The molecule has 0 bridgehead atoms. The van der Waals surface area contributed by atoms with Gasteiger partial charge in [0.25, 0.3) is 0 Å². The molecule has 0 heterocycles. The van der Waals surface area contributed by atoms with Crippen LogP contribution in [0.25, 0.3) is 0 Å². The Balaban J connectivity index is 1.79. The first kappa shape index (κ1) is 22.1. The van der Waals surface area contributed by atoms with Gasteiger partial charge in [0.1, 0.15) is 5.78 Å². The van der Waals surface area contributed by atoms with Crippen molar-refractivity contribution < 1.29 is 39.9 Å². The smallest absolute Gasteiger partial charge is 0.309 e. The summed E-state index contributed by atoms with van der Waals surface area (Å²) in [4.78, 5) is 24.8. The summed E-state index contributed by atoms with van der Waals surface area (Å²) in [5.41, 5.74) is -5.36. The summed E-state index contributed by atoms with van der Waals surface area (Å²) >= 11 is 0. The molecule has 0 spiro atoms. The Kier molecular flexibility index (Phi) is 5.14. The molecule has 4 fully saturated rings. The van der Waals surface area contributed by atoms with E-state index in [0.29, 0.717) is 19.3 Å². The van der Waals surface area contributed by atoms with Crippen LogP contribution in [0.15, 0.2) is 0 Å². The molecule has 0 amide bonds. The van der Waals surface area contributed by atoms with Crippen LogP contribution in [0, 0.1) is 28.6 Å². The van der Waals surface area contributed by atoms with E-state index in [1.807, 2.05) is 6.92 Å². The van der Waals surface area contributed by atoms with E-state index in [1.165, 1.54) is 0 Å². The zero-order chi connectivity index (χ0) is 22.1. The molecule has 4 aliphatic rings. The highest BCUT2D eigenvalue weighted by molar-refractivity contribution is 5.81. The van der Waals surface area contributed by atoms with Crippen LogP contribution in [0.3, 0.4) is 0 Å². The average Bonchev–Trinajstić information content (AvgIpc) is 2.92. The summed E-state index contributed by atoms with van der Waals surface area (Å²) in [6.07, 6.45) is -1.42. The Morgan fingerprint density at radius 1 is 1.20 bits per heavy atom. The molecular weight excluding hydrogens is 392 g/mol. The Bertz CT molecular complexity index is 741. The number of Topliss-reactive ketones (excluding diaryl/α,β-unsaturated/α-hetero) is 1. The maximum absolute atomic E-state index is 12.6. The van der Waals surface area contributed by atoms with Crippen molar-refractivity contribution in [1.29, 1.82) is 0 Å². The van der Waals surface area contributed by atoms with Crippen molar-refractivity contribution in [3.05, 3.63) is 0 Å². The van der Waals surface area contributed by atoms with Crippen molar-refractivity contribution >= 4 is 11.8 Å². The van der Waals surface area contributed by atoms with Crippen LogP contribution < -0.4 is 0 Å². The molecule has 9 atom stereocenters. The van der Waals surface area contributed by atoms with Crippen LogP contribution in [-0.4, -0.2) is 73.9 Å². The number of ketones is 1. The van der Waals surface area contributed by atoms with Gasteiger partial charge in [0.05, 0.1) is 48.0 Å². The van der Waals surface area contributed by atoms with Gasteiger partial charge in [0.15, 0.2) is 0 Å². The number of hydrogen-bond acceptors (Lipinski definition) is 8.